The Morgan fingerprint density at radius 1 is 1.45 bits per heavy atom. The van der Waals surface area contributed by atoms with E-state index in [1.165, 1.54) is 12.8 Å². The van der Waals surface area contributed by atoms with Crippen molar-refractivity contribution in [1.29, 1.82) is 0 Å². The maximum atomic E-state index is 12.0. The van der Waals surface area contributed by atoms with E-state index in [4.69, 9.17) is 0 Å². The molecule has 2 amide bonds. The highest BCUT2D eigenvalue weighted by Gasteiger charge is 2.31. The summed E-state index contributed by atoms with van der Waals surface area (Å²) in [5, 5.41) is 12.9. The minimum atomic E-state index is -0.350. The molecule has 0 aromatic rings. The molecule has 2 aliphatic rings. The highest BCUT2D eigenvalue weighted by atomic mass is 16.3. The number of carbonyl (C=O) groups excluding carboxylic acids is 1. The Bertz CT molecular complexity index is 320. The van der Waals surface area contributed by atoms with Gasteiger partial charge in [-0.25, -0.2) is 4.79 Å². The molecule has 1 aliphatic carbocycles. The Morgan fingerprint density at radius 3 is 2.85 bits per heavy atom. The van der Waals surface area contributed by atoms with Crippen LogP contribution in [-0.2, 0) is 0 Å². The van der Waals surface area contributed by atoms with E-state index in [9.17, 15) is 9.90 Å². The van der Waals surface area contributed by atoms with Gasteiger partial charge >= 0.3 is 6.03 Å². The van der Waals surface area contributed by atoms with Crippen LogP contribution >= 0.6 is 0 Å². The number of hydrogen-bond acceptors (Lipinski definition) is 3. The first-order chi connectivity index (χ1) is 9.60. The Morgan fingerprint density at radius 2 is 2.20 bits per heavy atom. The molecule has 116 valence electrons. The Kier molecular flexibility index (Phi) is 5.66. The number of likely N-dealkylation sites (N-methyl/N-ethyl adjacent to an activating group) is 1. The second kappa shape index (κ2) is 7.27. The molecule has 1 heterocycles. The maximum Gasteiger partial charge on any atom is 0.317 e. The van der Waals surface area contributed by atoms with Gasteiger partial charge in [0.2, 0.25) is 0 Å². The van der Waals surface area contributed by atoms with Crippen LogP contribution in [0.5, 0.6) is 0 Å². The summed E-state index contributed by atoms with van der Waals surface area (Å²) in [5.41, 5.74) is 0. The van der Waals surface area contributed by atoms with Gasteiger partial charge in [0.15, 0.2) is 0 Å². The molecule has 0 radical (unpaired) electrons. The molecule has 2 N–H and O–H groups in total. The largest absolute Gasteiger partial charge is 0.391 e. The molecular weight excluding hydrogens is 254 g/mol. The number of nitrogens with zero attached hydrogens (tertiary/aromatic N) is 2. The SMILES string of the molecule is CCCN1CCC(CNC(=O)N(C)CC(O)C2CC2)C1. The Balaban J connectivity index is 1.61. The number of aliphatic hydroxyl groups is 1. The van der Waals surface area contributed by atoms with Crippen LogP contribution in [0, 0.1) is 11.8 Å². The van der Waals surface area contributed by atoms with Crippen LogP contribution in [0.3, 0.4) is 0 Å². The minimum absolute atomic E-state index is 0.0568. The third-order valence-corrected chi connectivity index (χ3v) is 4.43. The van der Waals surface area contributed by atoms with Crippen molar-refractivity contribution in [3.8, 4) is 0 Å². The van der Waals surface area contributed by atoms with E-state index < -0.39 is 0 Å². The molecule has 2 rings (SSSR count). The van der Waals surface area contributed by atoms with Gasteiger partial charge in [0.25, 0.3) is 0 Å². The number of rotatable bonds is 7. The number of aliphatic hydroxyl groups excluding tert-OH is 1. The fourth-order valence-electron chi connectivity index (χ4n) is 2.96. The van der Waals surface area contributed by atoms with Crippen LogP contribution in [0.15, 0.2) is 0 Å². The highest BCUT2D eigenvalue weighted by molar-refractivity contribution is 5.73. The predicted molar refractivity (Wildman–Crippen MR) is 79.6 cm³/mol. The van der Waals surface area contributed by atoms with Gasteiger partial charge in [0, 0.05) is 26.7 Å². The van der Waals surface area contributed by atoms with Gasteiger partial charge in [-0.3, -0.25) is 0 Å². The van der Waals surface area contributed by atoms with Crippen LogP contribution in [0.25, 0.3) is 0 Å². The van der Waals surface area contributed by atoms with E-state index in [1.54, 1.807) is 11.9 Å². The molecule has 2 unspecified atom stereocenters. The summed E-state index contributed by atoms with van der Waals surface area (Å²) in [6.45, 7) is 6.83. The van der Waals surface area contributed by atoms with Crippen molar-refractivity contribution in [2.45, 2.75) is 38.7 Å². The first-order valence-corrected chi connectivity index (χ1v) is 7.99. The molecule has 0 aromatic carbocycles. The van der Waals surface area contributed by atoms with E-state index in [2.05, 4.69) is 17.1 Å². The second-order valence-electron chi connectivity index (χ2n) is 6.43. The number of urea groups is 1. The number of likely N-dealkylation sites (tertiary alicyclic amines) is 1. The summed E-state index contributed by atoms with van der Waals surface area (Å²) < 4.78 is 0. The summed E-state index contributed by atoms with van der Waals surface area (Å²) >= 11 is 0. The van der Waals surface area contributed by atoms with Crippen molar-refractivity contribution < 1.29 is 9.90 Å². The van der Waals surface area contributed by atoms with Gasteiger partial charge in [-0.15, -0.1) is 0 Å². The molecule has 1 aliphatic heterocycles. The zero-order valence-corrected chi connectivity index (χ0v) is 12.8. The van der Waals surface area contributed by atoms with Crippen molar-refractivity contribution >= 4 is 6.03 Å². The summed E-state index contributed by atoms with van der Waals surface area (Å²) in [7, 11) is 1.76. The van der Waals surface area contributed by atoms with Crippen LogP contribution in [0.4, 0.5) is 4.79 Å². The van der Waals surface area contributed by atoms with E-state index in [-0.39, 0.29) is 12.1 Å². The Labute approximate surface area is 122 Å². The van der Waals surface area contributed by atoms with Gasteiger partial charge < -0.3 is 20.2 Å². The smallest absolute Gasteiger partial charge is 0.317 e. The molecule has 5 nitrogen and oxygen atoms in total. The summed E-state index contributed by atoms with van der Waals surface area (Å²) in [5.74, 6) is 0.995. The van der Waals surface area contributed by atoms with Crippen molar-refractivity contribution in [1.82, 2.24) is 15.1 Å². The molecule has 20 heavy (non-hydrogen) atoms. The molecule has 0 bridgehead atoms. The van der Waals surface area contributed by atoms with Crippen LogP contribution < -0.4 is 5.32 Å². The maximum absolute atomic E-state index is 12.0. The zero-order valence-electron chi connectivity index (χ0n) is 12.8. The predicted octanol–water partition coefficient (Wildman–Crippen LogP) is 1.13. The molecule has 0 aromatic heterocycles. The van der Waals surface area contributed by atoms with Gasteiger partial charge in [-0.2, -0.15) is 0 Å². The van der Waals surface area contributed by atoms with E-state index in [0.29, 0.717) is 18.4 Å². The molecule has 1 saturated heterocycles. The fourth-order valence-corrected chi connectivity index (χ4v) is 2.96. The lowest BCUT2D eigenvalue weighted by molar-refractivity contribution is 0.113. The third kappa shape index (κ3) is 4.63. The second-order valence-corrected chi connectivity index (χ2v) is 6.43. The standard InChI is InChI=1S/C15H29N3O2/c1-3-7-18-8-6-12(10-18)9-16-15(20)17(2)11-14(19)13-4-5-13/h12-14,19H,3-11H2,1-2H3,(H,16,20). The van der Waals surface area contributed by atoms with Gasteiger partial charge in [0.1, 0.15) is 0 Å². The molecule has 2 atom stereocenters. The highest BCUT2D eigenvalue weighted by Crippen LogP contribution is 2.32. The molecular formula is C15H29N3O2. The van der Waals surface area contributed by atoms with Crippen molar-refractivity contribution in [2.75, 3.05) is 39.8 Å². The summed E-state index contributed by atoms with van der Waals surface area (Å²) in [6, 6.07) is -0.0568. The first-order valence-electron chi connectivity index (χ1n) is 7.99. The van der Waals surface area contributed by atoms with Crippen LogP contribution in [0.1, 0.15) is 32.6 Å². The number of carbonyl (C=O) groups is 1. The van der Waals surface area contributed by atoms with Crippen molar-refractivity contribution in [3.05, 3.63) is 0 Å². The van der Waals surface area contributed by atoms with Crippen molar-refractivity contribution in [2.24, 2.45) is 11.8 Å². The number of hydrogen-bond donors (Lipinski definition) is 2. The first kappa shape index (κ1) is 15.6. The lowest BCUT2D eigenvalue weighted by atomic mass is 10.1. The fraction of sp³-hybridized carbons (Fsp3) is 0.933. The normalized spacial score (nSPS) is 24.6. The average molecular weight is 283 g/mol. The van der Waals surface area contributed by atoms with Gasteiger partial charge in [0.05, 0.1) is 6.10 Å². The molecule has 0 spiro atoms. The summed E-state index contributed by atoms with van der Waals surface area (Å²) in [4.78, 5) is 16.1. The Hall–Kier alpha value is -0.810. The quantitative estimate of drug-likeness (QED) is 0.736. The van der Waals surface area contributed by atoms with E-state index in [1.807, 2.05) is 0 Å². The zero-order chi connectivity index (χ0) is 14.5. The lowest BCUT2D eigenvalue weighted by Crippen LogP contribution is -2.43. The molecule has 2 fully saturated rings. The average Bonchev–Trinajstić information content (AvgIpc) is 3.18. The van der Waals surface area contributed by atoms with Crippen molar-refractivity contribution in [3.63, 3.8) is 0 Å². The topological polar surface area (TPSA) is 55.8 Å². The number of nitrogens with one attached hydrogen (secondary N) is 1. The number of amides is 2. The molecule has 1 saturated carbocycles. The van der Waals surface area contributed by atoms with Gasteiger partial charge in [-0.05, 0) is 50.6 Å². The minimum Gasteiger partial charge on any atom is -0.391 e. The third-order valence-electron chi connectivity index (χ3n) is 4.43. The monoisotopic (exact) mass is 283 g/mol. The summed E-state index contributed by atoms with van der Waals surface area (Å²) in [6.07, 6.45) is 4.23. The van der Waals surface area contributed by atoms with Crippen LogP contribution in [-0.4, -0.2) is 66.8 Å². The van der Waals surface area contributed by atoms with Gasteiger partial charge in [-0.1, -0.05) is 6.92 Å². The lowest BCUT2D eigenvalue weighted by Gasteiger charge is -2.22. The van der Waals surface area contributed by atoms with E-state index >= 15 is 0 Å². The molecule has 5 heteroatoms. The van der Waals surface area contributed by atoms with E-state index in [0.717, 1.165) is 39.0 Å². The van der Waals surface area contributed by atoms with Crippen LogP contribution in [0.2, 0.25) is 0 Å².